The average molecular weight is 805 g/mol. The molecular weight excluding hydrogens is 749 g/mol. The number of methoxy groups -OCH3 is 2. The van der Waals surface area contributed by atoms with Crippen molar-refractivity contribution >= 4 is 46.6 Å². The first kappa shape index (κ1) is 40.5. The van der Waals surface area contributed by atoms with E-state index in [0.29, 0.717) is 51.4 Å². The molecule has 59 heavy (non-hydrogen) atoms. The van der Waals surface area contributed by atoms with Crippen LogP contribution in [0.4, 0.5) is 9.59 Å². The molecule has 4 aliphatic heterocycles. The third-order valence-electron chi connectivity index (χ3n) is 13.4. The number of rotatable bonds is 10. The molecule has 13 nitrogen and oxygen atoms in total. The largest absolute Gasteiger partial charge is 0.453 e. The van der Waals surface area contributed by atoms with Gasteiger partial charge in [0.1, 0.15) is 6.04 Å². The Morgan fingerprint density at radius 3 is 1.95 bits per heavy atom. The van der Waals surface area contributed by atoms with Gasteiger partial charge in [0.15, 0.2) is 0 Å². The van der Waals surface area contributed by atoms with Gasteiger partial charge in [-0.25, -0.2) is 20.0 Å². The third-order valence-corrected chi connectivity index (χ3v) is 13.4. The predicted octanol–water partition coefficient (Wildman–Crippen LogP) is 7.04. The maximum Gasteiger partial charge on any atom is 0.425 e. The summed E-state index contributed by atoms with van der Waals surface area (Å²) in [7, 11) is 2.62. The van der Waals surface area contributed by atoms with Crippen molar-refractivity contribution in [3.05, 3.63) is 72.1 Å². The minimum absolute atomic E-state index is 0.0261. The molecule has 312 valence electrons. The SMILES string of the molecule is COC(=O)N[C@H](C(=O)N1CCC[C@H]1C1=NC=C(c2ccc(-c3ccc(C4=CN=C(C5C6CCC(C6)[C@@H]5C(=O)N(NC(=O)OC)C5CCOCC5)C4)cc3)cc2)C1)C(C)C. The number of amides is 4. The lowest BCUT2D eigenvalue weighted by Gasteiger charge is -2.39. The van der Waals surface area contributed by atoms with Crippen molar-refractivity contribution in [3.8, 4) is 11.1 Å². The molecule has 2 aromatic rings. The van der Waals surface area contributed by atoms with Gasteiger partial charge in [-0.2, -0.15) is 0 Å². The number of ether oxygens (including phenoxy) is 3. The number of nitrogens with one attached hydrogen (secondary N) is 2. The highest BCUT2D eigenvalue weighted by atomic mass is 16.5. The number of nitrogens with zero attached hydrogens (tertiary/aromatic N) is 4. The van der Waals surface area contributed by atoms with Gasteiger partial charge < -0.3 is 24.4 Å². The number of hydrogen-bond donors (Lipinski definition) is 2. The van der Waals surface area contributed by atoms with Gasteiger partial charge in [0.2, 0.25) is 11.8 Å². The van der Waals surface area contributed by atoms with Crippen LogP contribution in [-0.2, 0) is 23.8 Å². The van der Waals surface area contributed by atoms with Crippen molar-refractivity contribution in [3.63, 3.8) is 0 Å². The van der Waals surface area contributed by atoms with E-state index in [1.54, 1.807) is 5.01 Å². The Morgan fingerprint density at radius 1 is 0.763 bits per heavy atom. The van der Waals surface area contributed by atoms with E-state index in [1.165, 1.54) is 14.2 Å². The highest BCUT2D eigenvalue weighted by Crippen LogP contribution is 2.55. The summed E-state index contributed by atoms with van der Waals surface area (Å²) in [4.78, 5) is 64.0. The summed E-state index contributed by atoms with van der Waals surface area (Å²) in [5, 5.41) is 4.28. The predicted molar refractivity (Wildman–Crippen MR) is 225 cm³/mol. The molecule has 4 heterocycles. The van der Waals surface area contributed by atoms with Gasteiger partial charge in [-0.1, -0.05) is 62.4 Å². The fourth-order valence-corrected chi connectivity index (χ4v) is 10.4. The number of alkyl carbamates (subject to hydrolysis) is 1. The van der Waals surface area contributed by atoms with E-state index in [1.807, 2.05) is 31.1 Å². The monoisotopic (exact) mass is 804 g/mol. The van der Waals surface area contributed by atoms with Crippen LogP contribution in [0.15, 0.2) is 70.9 Å². The van der Waals surface area contributed by atoms with Crippen molar-refractivity contribution in [1.29, 1.82) is 0 Å². The van der Waals surface area contributed by atoms with E-state index in [-0.39, 0.29) is 47.6 Å². The number of fused-ring (bicyclic) bond motifs is 2. The lowest BCUT2D eigenvalue weighted by atomic mass is 9.74. The standard InChI is InChI=1S/C46H56N6O7/c1-27(2)42(49-45(55)57-3)44(54)51-19-5-6-39(51)37-23-34(25-47-37)30-11-7-28(8-12-30)29-9-13-31(14-10-29)35-24-38(48-26-35)40-32-15-16-33(22-32)41(40)43(53)52(50-46(56)58-4)36-17-20-59-21-18-36/h7-14,25-27,32-33,36,39-42H,5-6,15-24H2,1-4H3,(H,49,55)(H,50,56)/t32?,33?,39-,40?,41-,42-/m0/s1. The Kier molecular flexibility index (Phi) is 12.0. The zero-order chi connectivity index (χ0) is 41.2. The molecule has 2 aliphatic carbocycles. The van der Waals surface area contributed by atoms with Gasteiger partial charge in [-0.15, -0.1) is 0 Å². The van der Waals surface area contributed by atoms with Crippen LogP contribution >= 0.6 is 0 Å². The molecule has 2 saturated carbocycles. The molecule has 13 heteroatoms. The normalized spacial score (nSPS) is 25.6. The van der Waals surface area contributed by atoms with E-state index >= 15 is 0 Å². The lowest BCUT2D eigenvalue weighted by Crippen LogP contribution is -2.57. The minimum atomic E-state index is -0.657. The second-order valence-electron chi connectivity index (χ2n) is 17.1. The number of allylic oxidation sites excluding steroid dienone is 2. The van der Waals surface area contributed by atoms with E-state index in [0.717, 1.165) is 76.9 Å². The fraction of sp³-hybridized carbons (Fsp3) is 0.522. The first-order valence-corrected chi connectivity index (χ1v) is 21.3. The van der Waals surface area contributed by atoms with E-state index in [4.69, 9.17) is 24.2 Å². The van der Waals surface area contributed by atoms with Crippen molar-refractivity contribution in [1.82, 2.24) is 20.7 Å². The molecule has 2 saturated heterocycles. The number of likely N-dealkylation sites (tertiary alicyclic amines) is 1. The zero-order valence-electron chi connectivity index (χ0n) is 34.5. The second kappa shape index (κ2) is 17.5. The summed E-state index contributed by atoms with van der Waals surface area (Å²) in [5.74, 6) is 0.331. The molecule has 6 atom stereocenters. The highest BCUT2D eigenvalue weighted by molar-refractivity contribution is 6.04. The molecule has 3 unspecified atom stereocenters. The van der Waals surface area contributed by atoms with Crippen molar-refractivity contribution < 1.29 is 33.4 Å². The smallest absolute Gasteiger partial charge is 0.425 e. The first-order valence-electron chi connectivity index (χ1n) is 21.3. The first-order chi connectivity index (χ1) is 28.6. The molecule has 4 amide bonds. The number of benzene rings is 2. The quantitative estimate of drug-likeness (QED) is 0.245. The molecule has 8 rings (SSSR count). The van der Waals surface area contributed by atoms with Crippen LogP contribution in [0.25, 0.3) is 22.3 Å². The average Bonchev–Trinajstić information content (AvgIpc) is 4.13. The van der Waals surface area contributed by atoms with Crippen LogP contribution in [-0.4, -0.2) is 97.4 Å². The number of hydrogen-bond acceptors (Lipinski definition) is 9. The molecule has 6 aliphatic rings. The van der Waals surface area contributed by atoms with E-state index < -0.39 is 18.2 Å². The Bertz CT molecular complexity index is 2050. The molecule has 2 aromatic carbocycles. The number of hydrazine groups is 1. The van der Waals surface area contributed by atoms with Crippen molar-refractivity contribution in [2.75, 3.05) is 34.0 Å². The molecule has 0 spiro atoms. The van der Waals surface area contributed by atoms with Gasteiger partial charge in [0.25, 0.3) is 0 Å². The summed E-state index contributed by atoms with van der Waals surface area (Å²) in [6.45, 7) is 5.59. The zero-order valence-corrected chi connectivity index (χ0v) is 34.5. The van der Waals surface area contributed by atoms with E-state index in [9.17, 15) is 19.2 Å². The minimum Gasteiger partial charge on any atom is -0.453 e. The second-order valence-corrected chi connectivity index (χ2v) is 17.1. The summed E-state index contributed by atoms with van der Waals surface area (Å²) in [5.41, 5.74) is 11.5. The van der Waals surface area contributed by atoms with Crippen LogP contribution in [0.2, 0.25) is 0 Å². The molecular formula is C46H56N6O7. The lowest BCUT2D eigenvalue weighted by molar-refractivity contribution is -0.146. The molecule has 2 bridgehead atoms. The maximum atomic E-state index is 14.4. The molecule has 0 radical (unpaired) electrons. The highest BCUT2D eigenvalue weighted by Gasteiger charge is 2.54. The van der Waals surface area contributed by atoms with E-state index in [2.05, 4.69) is 59.3 Å². The van der Waals surface area contributed by atoms with Crippen LogP contribution in [0, 0.1) is 29.6 Å². The summed E-state index contributed by atoms with van der Waals surface area (Å²) in [6, 6.07) is 16.3. The van der Waals surface area contributed by atoms with Crippen LogP contribution in [0.5, 0.6) is 0 Å². The third kappa shape index (κ3) is 8.31. The Morgan fingerprint density at radius 2 is 1.34 bits per heavy atom. The number of aliphatic imine (C=N–C) groups is 2. The summed E-state index contributed by atoms with van der Waals surface area (Å²) < 4.78 is 15.3. The Hall–Kier alpha value is -5.30. The molecule has 0 aromatic heterocycles. The van der Waals surface area contributed by atoms with Gasteiger partial charge in [-0.3, -0.25) is 19.6 Å². The number of carbonyl (C=O) groups excluding carboxylic acids is 4. The van der Waals surface area contributed by atoms with Crippen molar-refractivity contribution in [2.24, 2.45) is 39.6 Å². The van der Waals surface area contributed by atoms with Gasteiger partial charge >= 0.3 is 12.2 Å². The van der Waals surface area contributed by atoms with Gasteiger partial charge in [-0.05, 0) is 96.1 Å². The fourth-order valence-electron chi connectivity index (χ4n) is 10.4. The summed E-state index contributed by atoms with van der Waals surface area (Å²) >= 11 is 0. The topological polar surface area (TPSA) is 151 Å². The molecule has 4 fully saturated rings. The van der Waals surface area contributed by atoms with Crippen LogP contribution in [0.1, 0.15) is 82.8 Å². The van der Waals surface area contributed by atoms with Gasteiger partial charge in [0, 0.05) is 62.3 Å². The van der Waals surface area contributed by atoms with Crippen LogP contribution in [0.3, 0.4) is 0 Å². The maximum absolute atomic E-state index is 14.4. The summed E-state index contributed by atoms with van der Waals surface area (Å²) in [6.07, 6.45) is 10.3. The molecule has 2 N–H and O–H groups in total. The van der Waals surface area contributed by atoms with Gasteiger partial charge in [0.05, 0.1) is 32.2 Å². The number of carbonyl (C=O) groups is 4. The van der Waals surface area contributed by atoms with Crippen molar-refractivity contribution in [2.45, 2.75) is 89.8 Å². The Labute approximate surface area is 346 Å². The van der Waals surface area contributed by atoms with Crippen LogP contribution < -0.4 is 10.7 Å². The Balaban J connectivity index is 0.882.